The fourth-order valence-electron chi connectivity index (χ4n) is 5.84. The van der Waals surface area contributed by atoms with E-state index in [1.807, 2.05) is 0 Å². The molecule has 0 fully saturated rings. The predicted molar refractivity (Wildman–Crippen MR) is 206 cm³/mol. The van der Waals surface area contributed by atoms with Crippen LogP contribution in [0.15, 0.2) is 24.3 Å². The first kappa shape index (κ1) is 46.8. The first-order chi connectivity index (χ1) is 23.7. The lowest BCUT2D eigenvalue weighted by Crippen LogP contribution is -2.29. The van der Waals surface area contributed by atoms with E-state index in [9.17, 15) is 9.90 Å². The topological polar surface area (TPSA) is 68.2 Å². The molecule has 0 aliphatic heterocycles. The SMILES string of the molecule is CCC/C=C\CCOC(CCCCCCCCN(CCO)CCCCCCCC(=O)OCCCCCCCCC)OCC/C=C\CCC. The second-order valence-electron chi connectivity index (χ2n) is 13.6. The van der Waals surface area contributed by atoms with Crippen LogP contribution in [-0.2, 0) is 19.0 Å². The third kappa shape index (κ3) is 36.1. The Balaban J connectivity index is 3.89. The summed E-state index contributed by atoms with van der Waals surface area (Å²) in [7, 11) is 0. The molecule has 0 aromatic rings. The molecule has 0 aliphatic rings. The molecule has 0 aliphatic carbocycles. The maximum absolute atomic E-state index is 12.0. The second kappa shape index (κ2) is 40.2. The van der Waals surface area contributed by atoms with E-state index in [4.69, 9.17) is 14.2 Å². The molecule has 0 saturated heterocycles. The van der Waals surface area contributed by atoms with Gasteiger partial charge >= 0.3 is 5.97 Å². The van der Waals surface area contributed by atoms with Crippen molar-refractivity contribution in [1.82, 2.24) is 4.90 Å². The van der Waals surface area contributed by atoms with E-state index in [1.165, 1.54) is 96.3 Å². The molecule has 0 rings (SSSR count). The van der Waals surface area contributed by atoms with Crippen molar-refractivity contribution >= 4 is 5.97 Å². The maximum atomic E-state index is 12.0. The van der Waals surface area contributed by atoms with Crippen LogP contribution in [0.4, 0.5) is 0 Å². The Hall–Kier alpha value is -1.21. The monoisotopic (exact) mass is 680 g/mol. The van der Waals surface area contributed by atoms with Crippen molar-refractivity contribution in [3.8, 4) is 0 Å². The van der Waals surface area contributed by atoms with Crippen LogP contribution in [0, 0.1) is 0 Å². The van der Waals surface area contributed by atoms with Crippen molar-refractivity contribution in [2.45, 2.75) is 194 Å². The van der Waals surface area contributed by atoms with Gasteiger partial charge in [0.2, 0.25) is 0 Å². The van der Waals surface area contributed by atoms with Gasteiger partial charge in [-0.05, 0) is 77.3 Å². The number of aliphatic hydroxyl groups is 1. The van der Waals surface area contributed by atoms with E-state index >= 15 is 0 Å². The van der Waals surface area contributed by atoms with Crippen LogP contribution in [0.2, 0.25) is 0 Å². The van der Waals surface area contributed by atoms with E-state index in [-0.39, 0.29) is 18.9 Å². The number of allylic oxidation sites excluding steroid dienone is 2. The molecular weight excluding hydrogens is 598 g/mol. The standard InChI is InChI=1S/C42H81NO5/c1-4-7-10-13-16-24-29-38-46-41(45)32-25-18-17-21-28-35-43(36-37-44)34-27-20-15-14-19-26-33-42(47-39-30-22-11-8-5-2)48-40-31-23-12-9-6-3/h11-12,22-23,42,44H,4-10,13-21,24-40H2,1-3H3/b22-11-,23-12-. The molecule has 6 nitrogen and oxygen atoms in total. The zero-order valence-corrected chi connectivity index (χ0v) is 32.2. The van der Waals surface area contributed by atoms with Crippen molar-refractivity contribution in [2.24, 2.45) is 0 Å². The van der Waals surface area contributed by atoms with Gasteiger partial charge in [0.15, 0.2) is 6.29 Å². The Labute approximate surface area is 298 Å². The number of rotatable bonds is 39. The molecular formula is C42H81NO5. The van der Waals surface area contributed by atoms with Gasteiger partial charge in [0.1, 0.15) is 0 Å². The Kier molecular flexibility index (Phi) is 39.2. The number of ether oxygens (including phenoxy) is 3. The minimum absolute atomic E-state index is 0.0231. The number of aliphatic hydroxyl groups excluding tert-OH is 1. The zero-order valence-electron chi connectivity index (χ0n) is 32.2. The van der Waals surface area contributed by atoms with Gasteiger partial charge in [0.25, 0.3) is 0 Å². The lowest BCUT2D eigenvalue weighted by molar-refractivity contribution is -0.145. The molecule has 284 valence electrons. The Morgan fingerprint density at radius 3 is 1.56 bits per heavy atom. The highest BCUT2D eigenvalue weighted by atomic mass is 16.7. The van der Waals surface area contributed by atoms with Gasteiger partial charge in [0, 0.05) is 13.0 Å². The highest BCUT2D eigenvalue weighted by molar-refractivity contribution is 5.69. The number of hydrogen-bond acceptors (Lipinski definition) is 6. The summed E-state index contributed by atoms with van der Waals surface area (Å²) < 4.78 is 17.6. The summed E-state index contributed by atoms with van der Waals surface area (Å²) >= 11 is 0. The Bertz CT molecular complexity index is 676. The quantitative estimate of drug-likeness (QED) is 0.0302. The number of hydrogen-bond donors (Lipinski definition) is 1. The van der Waals surface area contributed by atoms with Crippen LogP contribution in [0.5, 0.6) is 0 Å². The summed E-state index contributed by atoms with van der Waals surface area (Å²) in [5.41, 5.74) is 0. The lowest BCUT2D eigenvalue weighted by atomic mass is 10.1. The number of carbonyl (C=O) groups excluding carboxylic acids is 1. The van der Waals surface area contributed by atoms with Crippen molar-refractivity contribution in [3.63, 3.8) is 0 Å². The van der Waals surface area contributed by atoms with Crippen LogP contribution in [0.3, 0.4) is 0 Å². The van der Waals surface area contributed by atoms with Gasteiger partial charge in [0.05, 0.1) is 26.4 Å². The summed E-state index contributed by atoms with van der Waals surface area (Å²) in [5.74, 6) is -0.0231. The van der Waals surface area contributed by atoms with E-state index in [0.717, 1.165) is 97.1 Å². The van der Waals surface area contributed by atoms with Gasteiger partial charge in [-0.2, -0.15) is 0 Å². The lowest BCUT2D eigenvalue weighted by Gasteiger charge is -2.21. The molecule has 0 aromatic heterocycles. The van der Waals surface area contributed by atoms with E-state index in [2.05, 4.69) is 50.0 Å². The molecule has 0 radical (unpaired) electrons. The molecule has 1 N–H and O–H groups in total. The third-order valence-electron chi connectivity index (χ3n) is 8.87. The summed E-state index contributed by atoms with van der Waals surface area (Å²) in [6.07, 6.45) is 38.6. The predicted octanol–water partition coefficient (Wildman–Crippen LogP) is 11.5. The van der Waals surface area contributed by atoms with Crippen LogP contribution in [0.1, 0.15) is 188 Å². The summed E-state index contributed by atoms with van der Waals surface area (Å²) in [4.78, 5) is 14.4. The minimum Gasteiger partial charge on any atom is -0.466 e. The summed E-state index contributed by atoms with van der Waals surface area (Å²) in [5, 5.41) is 9.53. The van der Waals surface area contributed by atoms with Crippen LogP contribution < -0.4 is 0 Å². The molecule has 0 unspecified atom stereocenters. The van der Waals surface area contributed by atoms with Crippen LogP contribution >= 0.6 is 0 Å². The fraction of sp³-hybridized carbons (Fsp3) is 0.881. The van der Waals surface area contributed by atoms with E-state index in [0.29, 0.717) is 13.0 Å². The van der Waals surface area contributed by atoms with Gasteiger partial charge in [-0.3, -0.25) is 4.79 Å². The smallest absolute Gasteiger partial charge is 0.305 e. The second-order valence-corrected chi connectivity index (χ2v) is 13.6. The first-order valence-corrected chi connectivity index (χ1v) is 20.7. The highest BCUT2D eigenvalue weighted by Crippen LogP contribution is 2.14. The molecule has 48 heavy (non-hydrogen) atoms. The number of unbranched alkanes of at least 4 members (excludes halogenated alkanes) is 17. The number of esters is 1. The minimum atomic E-state index is -0.0859. The summed E-state index contributed by atoms with van der Waals surface area (Å²) in [6, 6.07) is 0. The molecule has 0 aromatic carbocycles. The summed E-state index contributed by atoms with van der Waals surface area (Å²) in [6.45, 7) is 11.9. The van der Waals surface area contributed by atoms with E-state index in [1.54, 1.807) is 0 Å². The maximum Gasteiger partial charge on any atom is 0.305 e. The average Bonchev–Trinajstić information content (AvgIpc) is 3.09. The van der Waals surface area contributed by atoms with Crippen LogP contribution in [-0.4, -0.2) is 68.3 Å². The number of carbonyl (C=O) groups is 1. The molecule has 0 saturated carbocycles. The van der Waals surface area contributed by atoms with Gasteiger partial charge < -0.3 is 24.2 Å². The van der Waals surface area contributed by atoms with Crippen molar-refractivity contribution in [3.05, 3.63) is 24.3 Å². The van der Waals surface area contributed by atoms with Gasteiger partial charge in [-0.1, -0.05) is 141 Å². The van der Waals surface area contributed by atoms with Crippen molar-refractivity contribution in [1.29, 1.82) is 0 Å². The van der Waals surface area contributed by atoms with Crippen LogP contribution in [0.25, 0.3) is 0 Å². The molecule has 0 heterocycles. The highest BCUT2D eigenvalue weighted by Gasteiger charge is 2.09. The molecule has 6 heteroatoms. The van der Waals surface area contributed by atoms with Crippen molar-refractivity contribution in [2.75, 3.05) is 46.1 Å². The Morgan fingerprint density at radius 2 is 1.02 bits per heavy atom. The number of nitrogens with zero attached hydrogens (tertiary/aromatic N) is 1. The zero-order chi connectivity index (χ0) is 35.0. The fourth-order valence-corrected chi connectivity index (χ4v) is 5.84. The third-order valence-corrected chi connectivity index (χ3v) is 8.87. The average molecular weight is 680 g/mol. The van der Waals surface area contributed by atoms with Gasteiger partial charge in [-0.15, -0.1) is 0 Å². The van der Waals surface area contributed by atoms with Gasteiger partial charge in [-0.25, -0.2) is 0 Å². The molecule has 0 amide bonds. The molecule has 0 spiro atoms. The normalized spacial score (nSPS) is 12.0. The van der Waals surface area contributed by atoms with E-state index < -0.39 is 0 Å². The molecule has 0 bridgehead atoms. The largest absolute Gasteiger partial charge is 0.466 e. The van der Waals surface area contributed by atoms with Crippen molar-refractivity contribution < 1.29 is 24.1 Å². The molecule has 0 atom stereocenters. The Morgan fingerprint density at radius 1 is 0.542 bits per heavy atom. The first-order valence-electron chi connectivity index (χ1n) is 20.7.